The number of rotatable bonds is 5. The van der Waals surface area contributed by atoms with E-state index in [0.717, 1.165) is 5.56 Å². The second-order valence-electron chi connectivity index (χ2n) is 7.74. The van der Waals surface area contributed by atoms with Gasteiger partial charge in [-0.2, -0.15) is 0 Å². The predicted octanol–water partition coefficient (Wildman–Crippen LogP) is 2.47. The lowest BCUT2D eigenvalue weighted by Crippen LogP contribution is -2.51. The maximum Gasteiger partial charge on any atom is 0.407 e. The molecule has 2 rings (SSSR count). The van der Waals surface area contributed by atoms with Crippen molar-refractivity contribution in [3.05, 3.63) is 34.9 Å². The van der Waals surface area contributed by atoms with Crippen molar-refractivity contribution < 1.29 is 19.1 Å². The van der Waals surface area contributed by atoms with Gasteiger partial charge in [-0.25, -0.2) is 4.79 Å². The van der Waals surface area contributed by atoms with Gasteiger partial charge in [-0.1, -0.05) is 23.7 Å². The summed E-state index contributed by atoms with van der Waals surface area (Å²) in [6.07, 6.45) is 0.000935. The minimum absolute atomic E-state index is 0.0409. The first-order valence-electron chi connectivity index (χ1n) is 9.41. The lowest BCUT2D eigenvalue weighted by atomic mass is 10.1. The Kier molecular flexibility index (Phi) is 7.69. The monoisotopic (exact) mass is 409 g/mol. The van der Waals surface area contributed by atoms with Crippen molar-refractivity contribution in [1.29, 1.82) is 0 Å². The molecule has 1 aliphatic heterocycles. The number of alkyl carbamates (subject to hydrolysis) is 1. The number of ether oxygens (including phenoxy) is 1. The molecular formula is C20H28ClN3O4. The molecule has 3 amide bonds. The summed E-state index contributed by atoms with van der Waals surface area (Å²) in [6, 6.07) is 7.23. The molecule has 8 heteroatoms. The molecule has 0 aromatic heterocycles. The van der Waals surface area contributed by atoms with Gasteiger partial charge in [0.1, 0.15) is 5.60 Å². The van der Waals surface area contributed by atoms with Gasteiger partial charge in [0.15, 0.2) is 0 Å². The summed E-state index contributed by atoms with van der Waals surface area (Å²) in [6.45, 7) is 7.59. The maximum absolute atomic E-state index is 12.4. The van der Waals surface area contributed by atoms with Crippen LogP contribution in [0.3, 0.4) is 0 Å². The van der Waals surface area contributed by atoms with Crippen molar-refractivity contribution in [2.45, 2.75) is 39.2 Å². The lowest BCUT2D eigenvalue weighted by Gasteiger charge is -2.35. The Morgan fingerprint density at radius 1 is 1.00 bits per heavy atom. The summed E-state index contributed by atoms with van der Waals surface area (Å²) >= 11 is 5.86. The number of carbonyl (C=O) groups is 3. The molecule has 154 valence electrons. The highest BCUT2D eigenvalue weighted by molar-refractivity contribution is 6.30. The van der Waals surface area contributed by atoms with Crippen LogP contribution in [-0.2, 0) is 20.7 Å². The van der Waals surface area contributed by atoms with Gasteiger partial charge in [-0.05, 0) is 38.5 Å². The minimum atomic E-state index is -0.566. The van der Waals surface area contributed by atoms with Crippen molar-refractivity contribution in [3.63, 3.8) is 0 Å². The molecule has 7 nitrogen and oxygen atoms in total. The zero-order chi connectivity index (χ0) is 20.7. The van der Waals surface area contributed by atoms with E-state index >= 15 is 0 Å². The van der Waals surface area contributed by atoms with Gasteiger partial charge in [-0.15, -0.1) is 0 Å². The summed E-state index contributed by atoms with van der Waals surface area (Å²) in [5.41, 5.74) is 0.351. The average molecular weight is 410 g/mol. The van der Waals surface area contributed by atoms with Gasteiger partial charge >= 0.3 is 6.09 Å². The summed E-state index contributed by atoms with van der Waals surface area (Å²) in [5.74, 6) is 0.00173. The van der Waals surface area contributed by atoms with E-state index in [-0.39, 0.29) is 24.8 Å². The number of nitrogens with one attached hydrogen (secondary N) is 1. The Labute approximate surface area is 171 Å². The van der Waals surface area contributed by atoms with E-state index < -0.39 is 11.7 Å². The van der Waals surface area contributed by atoms with Crippen molar-refractivity contribution in [3.8, 4) is 0 Å². The van der Waals surface area contributed by atoms with Gasteiger partial charge in [0.25, 0.3) is 0 Å². The molecule has 0 saturated carbocycles. The van der Waals surface area contributed by atoms with Crippen LogP contribution >= 0.6 is 11.6 Å². The Balaban J connectivity index is 1.69. The van der Waals surface area contributed by atoms with Crippen LogP contribution in [0.25, 0.3) is 0 Å². The van der Waals surface area contributed by atoms with Gasteiger partial charge in [0.2, 0.25) is 11.8 Å². The van der Waals surface area contributed by atoms with Crippen molar-refractivity contribution in [2.75, 3.05) is 32.7 Å². The van der Waals surface area contributed by atoms with Crippen LogP contribution in [0.2, 0.25) is 5.02 Å². The first-order chi connectivity index (χ1) is 13.1. The van der Waals surface area contributed by atoms with Crippen LogP contribution in [0, 0.1) is 0 Å². The highest BCUT2D eigenvalue weighted by atomic mass is 35.5. The fourth-order valence-corrected chi connectivity index (χ4v) is 2.96. The molecule has 0 unspecified atom stereocenters. The second kappa shape index (κ2) is 9.78. The summed E-state index contributed by atoms with van der Waals surface area (Å²) in [7, 11) is 0. The summed E-state index contributed by atoms with van der Waals surface area (Å²) in [4.78, 5) is 39.8. The molecule has 1 N–H and O–H groups in total. The third-order valence-corrected chi connectivity index (χ3v) is 4.51. The van der Waals surface area contributed by atoms with Crippen molar-refractivity contribution in [1.82, 2.24) is 15.1 Å². The fourth-order valence-electron chi connectivity index (χ4n) is 2.84. The Morgan fingerprint density at radius 3 is 2.07 bits per heavy atom. The number of amides is 3. The average Bonchev–Trinajstić information content (AvgIpc) is 2.62. The van der Waals surface area contributed by atoms with Gasteiger partial charge in [0.05, 0.1) is 6.42 Å². The number of carbonyl (C=O) groups excluding carboxylic acids is 3. The third-order valence-electron chi connectivity index (χ3n) is 4.26. The quantitative estimate of drug-likeness (QED) is 0.810. The molecule has 1 heterocycles. The SMILES string of the molecule is CC(C)(C)OC(=O)NCCC(=O)N1CCN(C(=O)Cc2ccc(Cl)cc2)CC1. The molecule has 0 radical (unpaired) electrons. The number of hydrogen-bond acceptors (Lipinski definition) is 4. The molecular weight excluding hydrogens is 382 g/mol. The van der Waals surface area contributed by atoms with E-state index in [1.807, 2.05) is 12.1 Å². The third kappa shape index (κ3) is 7.38. The van der Waals surface area contributed by atoms with Gasteiger partial charge in [-0.3, -0.25) is 9.59 Å². The normalized spacial score (nSPS) is 14.6. The fraction of sp³-hybridized carbons (Fsp3) is 0.550. The van der Waals surface area contributed by atoms with Crippen molar-refractivity contribution in [2.24, 2.45) is 0 Å². The zero-order valence-electron chi connectivity index (χ0n) is 16.7. The van der Waals surface area contributed by atoms with Gasteiger partial charge < -0.3 is 19.9 Å². The molecule has 1 fully saturated rings. The number of benzene rings is 1. The molecule has 1 aromatic rings. The Bertz CT molecular complexity index is 692. The second-order valence-corrected chi connectivity index (χ2v) is 8.18. The number of nitrogens with zero attached hydrogens (tertiary/aromatic N) is 2. The van der Waals surface area contributed by atoms with E-state index in [1.54, 1.807) is 42.7 Å². The van der Waals surface area contributed by atoms with Crippen LogP contribution in [0.5, 0.6) is 0 Å². The van der Waals surface area contributed by atoms with E-state index in [1.165, 1.54) is 0 Å². The highest BCUT2D eigenvalue weighted by Gasteiger charge is 2.24. The highest BCUT2D eigenvalue weighted by Crippen LogP contribution is 2.12. The standard InChI is InChI=1S/C20H28ClN3O4/c1-20(2,3)28-19(27)22-9-8-17(25)23-10-12-24(13-11-23)18(26)14-15-4-6-16(21)7-5-15/h4-7H,8-14H2,1-3H3,(H,22,27). The maximum atomic E-state index is 12.4. The number of halogens is 1. The van der Waals surface area contributed by atoms with Crippen LogP contribution in [0.4, 0.5) is 4.79 Å². The van der Waals surface area contributed by atoms with E-state index in [4.69, 9.17) is 16.3 Å². The molecule has 28 heavy (non-hydrogen) atoms. The van der Waals surface area contributed by atoms with Crippen LogP contribution < -0.4 is 5.32 Å². The Hall–Kier alpha value is -2.28. The van der Waals surface area contributed by atoms with E-state index in [2.05, 4.69) is 5.32 Å². The van der Waals surface area contributed by atoms with Crippen LogP contribution in [0.15, 0.2) is 24.3 Å². The Morgan fingerprint density at radius 2 is 1.54 bits per heavy atom. The molecule has 0 spiro atoms. The topological polar surface area (TPSA) is 79.0 Å². The first kappa shape index (κ1) is 22.0. The predicted molar refractivity (Wildman–Crippen MR) is 107 cm³/mol. The van der Waals surface area contributed by atoms with Crippen LogP contribution in [-0.4, -0.2) is 66.0 Å². The zero-order valence-corrected chi connectivity index (χ0v) is 17.4. The number of piperazine rings is 1. The van der Waals surface area contributed by atoms with E-state index in [9.17, 15) is 14.4 Å². The smallest absolute Gasteiger partial charge is 0.407 e. The molecule has 0 aliphatic carbocycles. The number of hydrogen-bond donors (Lipinski definition) is 1. The van der Waals surface area contributed by atoms with Crippen LogP contribution in [0.1, 0.15) is 32.8 Å². The molecule has 1 aliphatic rings. The summed E-state index contributed by atoms with van der Waals surface area (Å²) in [5, 5.41) is 3.23. The molecule has 0 atom stereocenters. The van der Waals surface area contributed by atoms with Crippen molar-refractivity contribution >= 4 is 29.5 Å². The first-order valence-corrected chi connectivity index (χ1v) is 9.79. The van der Waals surface area contributed by atoms with Gasteiger partial charge in [0, 0.05) is 44.2 Å². The largest absolute Gasteiger partial charge is 0.444 e. The summed E-state index contributed by atoms with van der Waals surface area (Å²) < 4.78 is 5.13. The molecule has 0 bridgehead atoms. The molecule has 1 aromatic carbocycles. The minimum Gasteiger partial charge on any atom is -0.444 e. The van der Waals surface area contributed by atoms with E-state index in [0.29, 0.717) is 37.6 Å². The molecule has 1 saturated heterocycles. The lowest BCUT2D eigenvalue weighted by molar-refractivity contribution is -0.139.